The molecular formula is C15H30N2. The number of hydrogen-bond donors (Lipinski definition) is 1. The molecule has 2 aliphatic rings. The summed E-state index contributed by atoms with van der Waals surface area (Å²) in [4.78, 5) is 2.60. The summed E-state index contributed by atoms with van der Waals surface area (Å²) in [5.41, 5.74) is 6.80. The third-order valence-electron chi connectivity index (χ3n) is 5.27. The highest BCUT2D eigenvalue weighted by molar-refractivity contribution is 4.94. The Morgan fingerprint density at radius 1 is 1.06 bits per heavy atom. The van der Waals surface area contributed by atoms with Crippen molar-refractivity contribution in [2.75, 3.05) is 7.05 Å². The number of likely N-dealkylation sites (N-methyl/N-ethyl adjacent to an activating group) is 1. The third-order valence-corrected chi connectivity index (χ3v) is 5.27. The van der Waals surface area contributed by atoms with Gasteiger partial charge in [-0.05, 0) is 50.5 Å². The van der Waals surface area contributed by atoms with E-state index >= 15 is 0 Å². The molecule has 2 N–H and O–H groups in total. The van der Waals surface area contributed by atoms with E-state index in [1.165, 1.54) is 38.5 Å². The molecule has 0 amide bonds. The van der Waals surface area contributed by atoms with Crippen LogP contribution < -0.4 is 5.73 Å². The van der Waals surface area contributed by atoms with E-state index in [4.69, 9.17) is 5.73 Å². The largest absolute Gasteiger partial charge is 0.326 e. The highest BCUT2D eigenvalue weighted by atomic mass is 15.2. The van der Waals surface area contributed by atoms with Gasteiger partial charge in [-0.2, -0.15) is 0 Å². The maximum absolute atomic E-state index is 6.36. The monoisotopic (exact) mass is 238 g/mol. The molecule has 0 radical (unpaired) electrons. The number of hydrogen-bond acceptors (Lipinski definition) is 2. The van der Waals surface area contributed by atoms with Crippen molar-refractivity contribution in [2.24, 2.45) is 17.1 Å². The van der Waals surface area contributed by atoms with Crippen molar-refractivity contribution in [2.45, 2.75) is 77.4 Å². The molecule has 0 spiro atoms. The molecule has 2 heteroatoms. The quantitative estimate of drug-likeness (QED) is 0.801. The molecule has 17 heavy (non-hydrogen) atoms. The molecule has 0 bridgehead atoms. The molecule has 0 saturated heterocycles. The van der Waals surface area contributed by atoms with Gasteiger partial charge in [0.25, 0.3) is 0 Å². The highest BCUT2D eigenvalue weighted by Crippen LogP contribution is 2.40. The molecule has 3 unspecified atom stereocenters. The van der Waals surface area contributed by atoms with Gasteiger partial charge < -0.3 is 5.73 Å². The van der Waals surface area contributed by atoms with E-state index in [0.717, 1.165) is 12.0 Å². The number of nitrogens with zero attached hydrogens (tertiary/aromatic N) is 1. The minimum absolute atomic E-state index is 0.402. The second-order valence-electron chi connectivity index (χ2n) is 7.36. The van der Waals surface area contributed by atoms with Gasteiger partial charge in [-0.1, -0.05) is 27.2 Å². The van der Waals surface area contributed by atoms with Gasteiger partial charge in [0, 0.05) is 18.1 Å². The average molecular weight is 238 g/mol. The van der Waals surface area contributed by atoms with Crippen molar-refractivity contribution in [3.05, 3.63) is 0 Å². The minimum Gasteiger partial charge on any atom is -0.326 e. The number of nitrogens with two attached hydrogens (primary N) is 1. The van der Waals surface area contributed by atoms with Gasteiger partial charge in [0.1, 0.15) is 0 Å². The molecule has 2 aliphatic carbocycles. The van der Waals surface area contributed by atoms with E-state index in [1.807, 2.05) is 0 Å². The molecule has 0 aliphatic heterocycles. The van der Waals surface area contributed by atoms with Gasteiger partial charge in [0.05, 0.1) is 0 Å². The van der Waals surface area contributed by atoms with E-state index in [-0.39, 0.29) is 0 Å². The topological polar surface area (TPSA) is 29.3 Å². The van der Waals surface area contributed by atoms with Crippen molar-refractivity contribution >= 4 is 0 Å². The van der Waals surface area contributed by atoms with E-state index < -0.39 is 0 Å². The Bertz CT molecular complexity index is 252. The zero-order chi connectivity index (χ0) is 12.6. The summed E-state index contributed by atoms with van der Waals surface area (Å²) >= 11 is 0. The van der Waals surface area contributed by atoms with Crippen molar-refractivity contribution < 1.29 is 0 Å². The zero-order valence-electron chi connectivity index (χ0n) is 12.1. The zero-order valence-corrected chi connectivity index (χ0v) is 12.1. The summed E-state index contributed by atoms with van der Waals surface area (Å²) in [6.45, 7) is 7.15. The summed E-state index contributed by atoms with van der Waals surface area (Å²) in [6.07, 6.45) is 8.03. The first-order valence-electron chi connectivity index (χ1n) is 7.37. The molecular weight excluding hydrogens is 208 g/mol. The lowest BCUT2D eigenvalue weighted by atomic mass is 9.69. The molecule has 2 saturated carbocycles. The van der Waals surface area contributed by atoms with Crippen LogP contribution in [0.4, 0.5) is 0 Å². The van der Waals surface area contributed by atoms with Crippen LogP contribution in [0.2, 0.25) is 0 Å². The predicted molar refractivity (Wildman–Crippen MR) is 74.0 cm³/mol. The van der Waals surface area contributed by atoms with E-state index in [2.05, 4.69) is 32.7 Å². The second-order valence-corrected chi connectivity index (χ2v) is 7.36. The molecule has 3 atom stereocenters. The van der Waals surface area contributed by atoms with Crippen LogP contribution in [0.3, 0.4) is 0 Å². The van der Waals surface area contributed by atoms with E-state index in [0.29, 0.717) is 17.5 Å². The lowest BCUT2D eigenvalue weighted by molar-refractivity contribution is 0.0362. The Morgan fingerprint density at radius 3 is 2.18 bits per heavy atom. The molecule has 2 rings (SSSR count). The summed E-state index contributed by atoms with van der Waals surface area (Å²) in [5.74, 6) is 0.842. The van der Waals surface area contributed by atoms with Crippen molar-refractivity contribution in [3.63, 3.8) is 0 Å². The van der Waals surface area contributed by atoms with Crippen LogP contribution in [-0.4, -0.2) is 30.1 Å². The summed E-state index contributed by atoms with van der Waals surface area (Å²) in [5, 5.41) is 0. The van der Waals surface area contributed by atoms with Crippen LogP contribution in [0.25, 0.3) is 0 Å². The Labute approximate surface area is 107 Å². The maximum Gasteiger partial charge on any atom is 0.0249 e. The first-order chi connectivity index (χ1) is 7.89. The van der Waals surface area contributed by atoms with Crippen LogP contribution in [-0.2, 0) is 0 Å². The first-order valence-corrected chi connectivity index (χ1v) is 7.37. The molecule has 0 aromatic carbocycles. The highest BCUT2D eigenvalue weighted by Gasteiger charge is 2.38. The molecule has 0 aromatic heterocycles. The second kappa shape index (κ2) is 4.89. The Hall–Kier alpha value is -0.0800. The van der Waals surface area contributed by atoms with Gasteiger partial charge in [0.15, 0.2) is 0 Å². The molecule has 2 nitrogen and oxygen atoms in total. The summed E-state index contributed by atoms with van der Waals surface area (Å²) < 4.78 is 0. The lowest BCUT2D eigenvalue weighted by Crippen LogP contribution is -2.55. The standard InChI is InChI=1S/C15H30N2/c1-15(2,3)11-8-9-13(16)14(10-11)17(4)12-6-5-7-12/h11-14H,5-10,16H2,1-4H3. The van der Waals surface area contributed by atoms with Gasteiger partial charge in [-0.15, -0.1) is 0 Å². The fourth-order valence-corrected chi connectivity index (χ4v) is 3.49. The van der Waals surface area contributed by atoms with Crippen LogP contribution >= 0.6 is 0 Å². The molecule has 100 valence electrons. The van der Waals surface area contributed by atoms with Crippen molar-refractivity contribution in [1.29, 1.82) is 0 Å². The van der Waals surface area contributed by atoms with Crippen LogP contribution in [0, 0.1) is 11.3 Å². The Balaban J connectivity index is 1.99. The Morgan fingerprint density at radius 2 is 1.71 bits per heavy atom. The smallest absolute Gasteiger partial charge is 0.0249 e. The lowest BCUT2D eigenvalue weighted by Gasteiger charge is -2.48. The van der Waals surface area contributed by atoms with Gasteiger partial charge in [-0.3, -0.25) is 4.90 Å². The minimum atomic E-state index is 0.402. The fraction of sp³-hybridized carbons (Fsp3) is 1.00. The average Bonchev–Trinajstić information content (AvgIpc) is 2.13. The summed E-state index contributed by atoms with van der Waals surface area (Å²) in [6, 6.07) is 1.85. The fourth-order valence-electron chi connectivity index (χ4n) is 3.49. The van der Waals surface area contributed by atoms with Crippen molar-refractivity contribution in [3.8, 4) is 0 Å². The van der Waals surface area contributed by atoms with Crippen LogP contribution in [0.1, 0.15) is 59.3 Å². The first kappa shape index (κ1) is 13.4. The molecule has 0 aromatic rings. The third kappa shape index (κ3) is 2.85. The SMILES string of the molecule is CN(C1CCC1)C1CC(C(C)(C)C)CCC1N. The predicted octanol–water partition coefficient (Wildman–Crippen LogP) is 3.01. The summed E-state index contributed by atoms with van der Waals surface area (Å²) in [7, 11) is 2.30. The normalized spacial score (nSPS) is 36.0. The van der Waals surface area contributed by atoms with Crippen molar-refractivity contribution in [1.82, 2.24) is 4.90 Å². The van der Waals surface area contributed by atoms with Gasteiger partial charge >= 0.3 is 0 Å². The van der Waals surface area contributed by atoms with Gasteiger partial charge in [-0.25, -0.2) is 0 Å². The van der Waals surface area contributed by atoms with Crippen LogP contribution in [0.5, 0.6) is 0 Å². The van der Waals surface area contributed by atoms with E-state index in [9.17, 15) is 0 Å². The van der Waals surface area contributed by atoms with Gasteiger partial charge in [0.2, 0.25) is 0 Å². The molecule has 2 fully saturated rings. The molecule has 0 heterocycles. The Kier molecular flexibility index (Phi) is 3.84. The number of rotatable bonds is 2. The maximum atomic E-state index is 6.36. The van der Waals surface area contributed by atoms with Crippen LogP contribution in [0.15, 0.2) is 0 Å². The van der Waals surface area contributed by atoms with E-state index in [1.54, 1.807) is 0 Å².